The van der Waals surface area contributed by atoms with Crippen LogP contribution < -0.4 is 5.73 Å². The van der Waals surface area contributed by atoms with E-state index in [9.17, 15) is 4.79 Å². The molecule has 0 heterocycles. The molecule has 0 aliphatic rings. The molecule has 1 aromatic rings. The van der Waals surface area contributed by atoms with E-state index >= 15 is 0 Å². The molecule has 2 N–H and O–H groups in total. The molecule has 1 rings (SSSR count). The van der Waals surface area contributed by atoms with Crippen molar-refractivity contribution in [3.05, 3.63) is 23.8 Å². The van der Waals surface area contributed by atoms with Gasteiger partial charge in [0.25, 0.3) is 0 Å². The summed E-state index contributed by atoms with van der Waals surface area (Å²) in [5.74, 6) is 0.597. The molecule has 0 saturated carbocycles. The van der Waals surface area contributed by atoms with Crippen LogP contribution in [0, 0.1) is 0 Å². The van der Waals surface area contributed by atoms with E-state index in [0.717, 1.165) is 10.6 Å². The minimum Gasteiger partial charge on any atom is -0.465 e. The third-order valence-corrected chi connectivity index (χ3v) is 2.52. The van der Waals surface area contributed by atoms with Crippen molar-refractivity contribution in [1.82, 2.24) is 0 Å². The number of hydrogen-bond donors (Lipinski definition) is 1. The number of rotatable bonds is 3. The van der Waals surface area contributed by atoms with Crippen molar-refractivity contribution in [3.8, 4) is 0 Å². The number of thioether (sulfide) groups is 1. The van der Waals surface area contributed by atoms with Crippen molar-refractivity contribution in [1.29, 1.82) is 0 Å². The first kappa shape index (κ1) is 10.9. The molecule has 0 bridgehead atoms. The van der Waals surface area contributed by atoms with E-state index in [0.29, 0.717) is 11.3 Å². The number of esters is 1. The minimum atomic E-state index is -0.352. The monoisotopic (exact) mass is 211 g/mol. The maximum Gasteiger partial charge on any atom is 0.337 e. The summed E-state index contributed by atoms with van der Waals surface area (Å²) in [5, 5.41) is 0. The van der Waals surface area contributed by atoms with Gasteiger partial charge in [0.2, 0.25) is 0 Å². The Morgan fingerprint density at radius 2 is 2.21 bits per heavy atom. The van der Waals surface area contributed by atoms with Crippen LogP contribution in [0.1, 0.15) is 17.3 Å². The highest BCUT2D eigenvalue weighted by Crippen LogP contribution is 2.22. The minimum absolute atomic E-state index is 0.352. The van der Waals surface area contributed by atoms with Crippen molar-refractivity contribution in [2.24, 2.45) is 0 Å². The SMILES string of the molecule is CCSc1cc(N)cc(C(=O)OC)c1. The van der Waals surface area contributed by atoms with Gasteiger partial charge in [0.05, 0.1) is 12.7 Å². The Labute approximate surface area is 87.6 Å². The van der Waals surface area contributed by atoms with Crippen LogP contribution in [0.5, 0.6) is 0 Å². The third kappa shape index (κ3) is 2.67. The molecular weight excluding hydrogens is 198 g/mol. The Hall–Kier alpha value is -1.16. The van der Waals surface area contributed by atoms with Crippen LogP contribution in [-0.4, -0.2) is 18.8 Å². The molecule has 0 fully saturated rings. The van der Waals surface area contributed by atoms with Crippen LogP contribution in [0.15, 0.2) is 23.1 Å². The van der Waals surface area contributed by atoms with E-state index in [-0.39, 0.29) is 5.97 Å². The van der Waals surface area contributed by atoms with Gasteiger partial charge in [-0.1, -0.05) is 6.92 Å². The molecule has 76 valence electrons. The van der Waals surface area contributed by atoms with Crippen molar-refractivity contribution in [2.45, 2.75) is 11.8 Å². The standard InChI is InChI=1S/C10H13NO2S/c1-3-14-9-5-7(10(12)13-2)4-8(11)6-9/h4-6H,3,11H2,1-2H3. The zero-order valence-corrected chi connectivity index (χ0v) is 9.06. The number of benzene rings is 1. The molecular formula is C10H13NO2S. The van der Waals surface area contributed by atoms with E-state index in [1.165, 1.54) is 7.11 Å². The van der Waals surface area contributed by atoms with Gasteiger partial charge in [-0.3, -0.25) is 0 Å². The fourth-order valence-corrected chi connectivity index (χ4v) is 1.87. The zero-order valence-electron chi connectivity index (χ0n) is 8.24. The number of ether oxygens (including phenoxy) is 1. The van der Waals surface area contributed by atoms with Crippen LogP contribution in [0.4, 0.5) is 5.69 Å². The fraction of sp³-hybridized carbons (Fsp3) is 0.300. The molecule has 0 unspecified atom stereocenters. The highest BCUT2D eigenvalue weighted by molar-refractivity contribution is 7.99. The van der Waals surface area contributed by atoms with Crippen LogP contribution in [-0.2, 0) is 4.74 Å². The van der Waals surface area contributed by atoms with Gasteiger partial charge < -0.3 is 10.5 Å². The number of carbonyl (C=O) groups is 1. The highest BCUT2D eigenvalue weighted by atomic mass is 32.2. The first-order valence-electron chi connectivity index (χ1n) is 4.29. The summed E-state index contributed by atoms with van der Waals surface area (Å²) in [6.45, 7) is 2.05. The van der Waals surface area contributed by atoms with E-state index in [4.69, 9.17) is 5.73 Å². The topological polar surface area (TPSA) is 52.3 Å². The Balaban J connectivity index is 3.00. The maximum atomic E-state index is 11.2. The fourth-order valence-electron chi connectivity index (χ4n) is 1.11. The van der Waals surface area contributed by atoms with Crippen molar-refractivity contribution < 1.29 is 9.53 Å². The summed E-state index contributed by atoms with van der Waals surface area (Å²) < 4.78 is 4.62. The van der Waals surface area contributed by atoms with Gasteiger partial charge in [0.15, 0.2) is 0 Å². The van der Waals surface area contributed by atoms with Gasteiger partial charge in [-0.15, -0.1) is 11.8 Å². The highest BCUT2D eigenvalue weighted by Gasteiger charge is 2.07. The number of methoxy groups -OCH3 is 1. The van der Waals surface area contributed by atoms with E-state index < -0.39 is 0 Å². The van der Waals surface area contributed by atoms with Crippen molar-refractivity contribution >= 4 is 23.4 Å². The summed E-state index contributed by atoms with van der Waals surface area (Å²) >= 11 is 1.64. The molecule has 0 spiro atoms. The first-order valence-corrected chi connectivity index (χ1v) is 5.27. The van der Waals surface area contributed by atoms with E-state index in [1.807, 2.05) is 13.0 Å². The second kappa shape index (κ2) is 4.91. The second-order valence-corrected chi connectivity index (χ2v) is 4.05. The molecule has 3 nitrogen and oxygen atoms in total. The molecule has 0 radical (unpaired) electrons. The average Bonchev–Trinajstić information content (AvgIpc) is 2.16. The Kier molecular flexibility index (Phi) is 3.83. The molecule has 0 aliphatic carbocycles. The smallest absolute Gasteiger partial charge is 0.337 e. The van der Waals surface area contributed by atoms with Crippen LogP contribution in [0.25, 0.3) is 0 Å². The second-order valence-electron chi connectivity index (χ2n) is 2.72. The van der Waals surface area contributed by atoms with Gasteiger partial charge >= 0.3 is 5.97 Å². The van der Waals surface area contributed by atoms with Gasteiger partial charge in [-0.25, -0.2) is 4.79 Å². The number of anilines is 1. The van der Waals surface area contributed by atoms with Crippen LogP contribution in [0.3, 0.4) is 0 Å². The lowest BCUT2D eigenvalue weighted by Gasteiger charge is -2.04. The third-order valence-electron chi connectivity index (χ3n) is 1.66. The number of nitrogen functional groups attached to an aromatic ring is 1. The lowest BCUT2D eigenvalue weighted by Crippen LogP contribution is -2.02. The van der Waals surface area contributed by atoms with E-state index in [2.05, 4.69) is 4.74 Å². The first-order chi connectivity index (χ1) is 6.67. The van der Waals surface area contributed by atoms with Gasteiger partial charge in [-0.05, 0) is 24.0 Å². The maximum absolute atomic E-state index is 11.2. The molecule has 14 heavy (non-hydrogen) atoms. The van der Waals surface area contributed by atoms with Crippen LogP contribution >= 0.6 is 11.8 Å². The predicted octanol–water partition coefficient (Wildman–Crippen LogP) is 2.17. The van der Waals surface area contributed by atoms with Crippen molar-refractivity contribution in [3.63, 3.8) is 0 Å². The molecule has 0 aliphatic heterocycles. The lowest BCUT2D eigenvalue weighted by atomic mass is 10.2. The van der Waals surface area contributed by atoms with E-state index in [1.54, 1.807) is 23.9 Å². The summed E-state index contributed by atoms with van der Waals surface area (Å²) in [5.41, 5.74) is 6.75. The molecule has 0 saturated heterocycles. The summed E-state index contributed by atoms with van der Waals surface area (Å²) in [6, 6.07) is 5.25. The molecule has 0 aromatic heterocycles. The summed E-state index contributed by atoms with van der Waals surface area (Å²) in [4.78, 5) is 12.2. The Morgan fingerprint density at radius 3 is 2.79 bits per heavy atom. The average molecular weight is 211 g/mol. The van der Waals surface area contributed by atoms with Gasteiger partial charge in [0.1, 0.15) is 0 Å². The Morgan fingerprint density at radius 1 is 1.50 bits per heavy atom. The number of hydrogen-bond acceptors (Lipinski definition) is 4. The lowest BCUT2D eigenvalue weighted by molar-refractivity contribution is 0.0600. The molecule has 4 heteroatoms. The molecule has 1 aromatic carbocycles. The number of nitrogens with two attached hydrogens (primary N) is 1. The quantitative estimate of drug-likeness (QED) is 0.473. The van der Waals surface area contributed by atoms with Gasteiger partial charge in [0, 0.05) is 10.6 Å². The predicted molar refractivity (Wildman–Crippen MR) is 58.6 cm³/mol. The van der Waals surface area contributed by atoms with Crippen molar-refractivity contribution in [2.75, 3.05) is 18.6 Å². The van der Waals surface area contributed by atoms with Gasteiger partial charge in [-0.2, -0.15) is 0 Å². The Bertz CT molecular complexity index is 339. The normalized spacial score (nSPS) is 9.86. The van der Waals surface area contributed by atoms with Crippen LogP contribution in [0.2, 0.25) is 0 Å². The summed E-state index contributed by atoms with van der Waals surface area (Å²) in [7, 11) is 1.36. The number of carbonyl (C=O) groups excluding carboxylic acids is 1. The molecule has 0 amide bonds. The largest absolute Gasteiger partial charge is 0.465 e. The zero-order chi connectivity index (χ0) is 10.6. The summed E-state index contributed by atoms with van der Waals surface area (Å²) in [6.07, 6.45) is 0. The molecule has 0 atom stereocenters.